The molecule has 2 rings (SSSR count). The minimum absolute atomic E-state index is 0.0175. The molecular weight excluding hydrogens is 306 g/mol. The van der Waals surface area contributed by atoms with E-state index in [1.165, 1.54) is 44.1 Å². The first-order valence-corrected chi connectivity index (χ1v) is 9.15. The minimum atomic E-state index is -0.0175. The van der Waals surface area contributed by atoms with Crippen LogP contribution in [0, 0.1) is 0 Å². The smallest absolute Gasteiger partial charge is 0.157 e. The van der Waals surface area contributed by atoms with Crippen molar-refractivity contribution >= 4 is 23.1 Å². The summed E-state index contributed by atoms with van der Waals surface area (Å²) in [5.74, 6) is 0.307. The molecule has 0 amide bonds. The summed E-state index contributed by atoms with van der Waals surface area (Å²) in [7, 11) is 0. The fourth-order valence-electron chi connectivity index (χ4n) is 2.87. The van der Waals surface area contributed by atoms with E-state index in [1.54, 1.807) is 0 Å². The van der Waals surface area contributed by atoms with E-state index in [-0.39, 0.29) is 6.29 Å². The third-order valence-electron chi connectivity index (χ3n) is 4.30. The molecule has 1 aromatic rings. The fraction of sp³-hybridized carbons (Fsp3) is 0.632. The largest absolute Gasteiger partial charge is 0.352 e. The Balaban J connectivity index is 1.66. The van der Waals surface area contributed by atoms with E-state index < -0.39 is 0 Å². The van der Waals surface area contributed by atoms with Crippen molar-refractivity contribution < 1.29 is 9.47 Å². The van der Waals surface area contributed by atoms with Crippen molar-refractivity contribution in [2.24, 2.45) is 4.99 Å². The standard InChI is InChI=1S/C19H27NO2S/c1-2-3-4-5-6-7-8-19-21-13-17(14-22-19)16-9-11-18(12-10-16)20-15-23/h9-12,17,19H,2-8,13-14H2,1H3/t17-,19-. The normalized spacial score (nSPS) is 20.9. The molecule has 1 fully saturated rings. The van der Waals surface area contributed by atoms with Crippen molar-refractivity contribution in [2.45, 2.75) is 64.1 Å². The average Bonchev–Trinajstić information content (AvgIpc) is 2.60. The van der Waals surface area contributed by atoms with Crippen molar-refractivity contribution in [1.29, 1.82) is 0 Å². The van der Waals surface area contributed by atoms with Crippen LogP contribution in [0.2, 0.25) is 0 Å². The van der Waals surface area contributed by atoms with Crippen LogP contribution >= 0.6 is 12.2 Å². The van der Waals surface area contributed by atoms with E-state index in [1.807, 2.05) is 12.1 Å². The Labute approximate surface area is 145 Å². The first-order chi connectivity index (χ1) is 11.3. The summed E-state index contributed by atoms with van der Waals surface area (Å²) < 4.78 is 11.8. The van der Waals surface area contributed by atoms with E-state index in [9.17, 15) is 0 Å². The molecule has 1 aliphatic rings. The number of aliphatic imine (C=N–C) groups is 1. The highest BCUT2D eigenvalue weighted by Gasteiger charge is 2.23. The maximum atomic E-state index is 5.88. The van der Waals surface area contributed by atoms with Gasteiger partial charge < -0.3 is 9.47 Å². The number of benzene rings is 1. The van der Waals surface area contributed by atoms with Crippen molar-refractivity contribution in [3.05, 3.63) is 29.8 Å². The number of ether oxygens (including phenoxy) is 2. The first kappa shape index (κ1) is 18.3. The van der Waals surface area contributed by atoms with E-state index in [2.05, 4.69) is 41.4 Å². The van der Waals surface area contributed by atoms with Crippen LogP contribution in [0.1, 0.15) is 63.4 Å². The topological polar surface area (TPSA) is 30.8 Å². The van der Waals surface area contributed by atoms with Gasteiger partial charge in [0.15, 0.2) is 6.29 Å². The van der Waals surface area contributed by atoms with Crippen molar-refractivity contribution in [1.82, 2.24) is 0 Å². The molecule has 0 N–H and O–H groups in total. The molecule has 126 valence electrons. The van der Waals surface area contributed by atoms with Gasteiger partial charge >= 0.3 is 0 Å². The Kier molecular flexibility index (Phi) is 8.48. The summed E-state index contributed by atoms with van der Waals surface area (Å²) in [6.07, 6.45) is 8.82. The lowest BCUT2D eigenvalue weighted by atomic mass is 10.00. The monoisotopic (exact) mass is 333 g/mol. The van der Waals surface area contributed by atoms with Crippen LogP contribution in [0.15, 0.2) is 29.3 Å². The second-order valence-electron chi connectivity index (χ2n) is 6.14. The molecule has 0 aromatic heterocycles. The molecule has 1 heterocycles. The molecule has 0 spiro atoms. The Hall–Kier alpha value is -1.06. The average molecular weight is 333 g/mol. The molecule has 23 heavy (non-hydrogen) atoms. The lowest BCUT2D eigenvalue weighted by Crippen LogP contribution is -2.30. The SMILES string of the molecule is CCCCCCCC[C@H]1OC[C@H](c2ccc(N=C=S)cc2)CO1. The summed E-state index contributed by atoms with van der Waals surface area (Å²) >= 11 is 4.61. The highest BCUT2D eigenvalue weighted by atomic mass is 32.1. The lowest BCUT2D eigenvalue weighted by Gasteiger charge is -2.29. The maximum absolute atomic E-state index is 5.88. The Morgan fingerprint density at radius 2 is 1.70 bits per heavy atom. The number of hydrogen-bond donors (Lipinski definition) is 0. The molecule has 0 aliphatic carbocycles. The number of thiocarbonyl (C=S) groups is 1. The fourth-order valence-corrected chi connectivity index (χ4v) is 2.97. The second-order valence-corrected chi connectivity index (χ2v) is 6.33. The van der Waals surface area contributed by atoms with Crippen LogP contribution in [0.25, 0.3) is 0 Å². The third kappa shape index (κ3) is 6.52. The molecule has 0 unspecified atom stereocenters. The van der Waals surface area contributed by atoms with E-state index in [4.69, 9.17) is 9.47 Å². The zero-order valence-electron chi connectivity index (χ0n) is 14.0. The Morgan fingerprint density at radius 3 is 2.35 bits per heavy atom. The first-order valence-electron chi connectivity index (χ1n) is 8.74. The van der Waals surface area contributed by atoms with Crippen molar-refractivity contribution in [2.75, 3.05) is 13.2 Å². The summed E-state index contributed by atoms with van der Waals surface area (Å²) in [4.78, 5) is 3.97. The van der Waals surface area contributed by atoms with Gasteiger partial charge in [-0.3, -0.25) is 0 Å². The second kappa shape index (κ2) is 10.7. The summed E-state index contributed by atoms with van der Waals surface area (Å²) in [6, 6.07) is 8.04. The van der Waals surface area contributed by atoms with Gasteiger partial charge in [-0.15, -0.1) is 0 Å². The van der Waals surface area contributed by atoms with Gasteiger partial charge in [-0.05, 0) is 42.8 Å². The van der Waals surface area contributed by atoms with Crippen LogP contribution in [0.5, 0.6) is 0 Å². The lowest BCUT2D eigenvalue weighted by molar-refractivity contribution is -0.190. The molecule has 1 aliphatic heterocycles. The number of rotatable bonds is 9. The molecule has 0 bridgehead atoms. The molecule has 1 saturated heterocycles. The van der Waals surface area contributed by atoms with Gasteiger partial charge in [0.05, 0.1) is 24.1 Å². The van der Waals surface area contributed by atoms with Gasteiger partial charge in [0.1, 0.15) is 0 Å². The van der Waals surface area contributed by atoms with E-state index in [0.29, 0.717) is 5.92 Å². The van der Waals surface area contributed by atoms with Gasteiger partial charge in [-0.1, -0.05) is 51.2 Å². The van der Waals surface area contributed by atoms with Gasteiger partial charge in [-0.25, -0.2) is 0 Å². The minimum Gasteiger partial charge on any atom is -0.352 e. The quantitative estimate of drug-likeness (QED) is 0.333. The van der Waals surface area contributed by atoms with Crippen molar-refractivity contribution in [3.63, 3.8) is 0 Å². The molecule has 1 aromatic carbocycles. The third-order valence-corrected chi connectivity index (χ3v) is 4.39. The van der Waals surface area contributed by atoms with Gasteiger partial charge in [0, 0.05) is 5.92 Å². The summed E-state index contributed by atoms with van der Waals surface area (Å²) in [5, 5.41) is 2.38. The number of unbranched alkanes of at least 4 members (excludes halogenated alkanes) is 5. The molecule has 0 atom stereocenters. The van der Waals surface area contributed by atoms with Gasteiger partial charge in [0.25, 0.3) is 0 Å². The maximum Gasteiger partial charge on any atom is 0.157 e. The highest BCUT2D eigenvalue weighted by Crippen LogP contribution is 2.26. The van der Waals surface area contributed by atoms with Crippen LogP contribution < -0.4 is 0 Å². The predicted octanol–water partition coefficient (Wildman–Crippen LogP) is 5.63. The van der Waals surface area contributed by atoms with Crippen molar-refractivity contribution in [3.8, 4) is 0 Å². The highest BCUT2D eigenvalue weighted by molar-refractivity contribution is 7.78. The summed E-state index contributed by atoms with van der Waals surface area (Å²) in [6.45, 7) is 3.71. The number of hydrogen-bond acceptors (Lipinski definition) is 4. The molecule has 0 radical (unpaired) electrons. The van der Waals surface area contributed by atoms with E-state index >= 15 is 0 Å². The number of nitrogens with zero attached hydrogens (tertiary/aromatic N) is 1. The van der Waals surface area contributed by atoms with Crippen LogP contribution in [-0.4, -0.2) is 24.7 Å². The Morgan fingerprint density at radius 1 is 1.04 bits per heavy atom. The summed E-state index contributed by atoms with van der Waals surface area (Å²) in [5.41, 5.74) is 2.06. The zero-order valence-corrected chi connectivity index (χ0v) is 14.8. The van der Waals surface area contributed by atoms with E-state index in [0.717, 1.165) is 25.3 Å². The van der Waals surface area contributed by atoms with Gasteiger partial charge in [0.2, 0.25) is 0 Å². The zero-order chi connectivity index (χ0) is 16.3. The molecule has 0 saturated carbocycles. The number of isothiocyanates is 1. The van der Waals surface area contributed by atoms with Crippen LogP contribution in [0.3, 0.4) is 0 Å². The predicted molar refractivity (Wildman–Crippen MR) is 97.6 cm³/mol. The molecular formula is C19H27NO2S. The van der Waals surface area contributed by atoms with Crippen LogP contribution in [0.4, 0.5) is 5.69 Å². The van der Waals surface area contributed by atoms with Crippen LogP contribution in [-0.2, 0) is 9.47 Å². The van der Waals surface area contributed by atoms with Gasteiger partial charge in [-0.2, -0.15) is 4.99 Å². The molecule has 3 nitrogen and oxygen atoms in total. The molecule has 4 heteroatoms. The Bertz CT molecular complexity index is 489.